The van der Waals surface area contributed by atoms with Crippen molar-refractivity contribution in [1.29, 1.82) is 0 Å². The van der Waals surface area contributed by atoms with E-state index >= 15 is 0 Å². The molecule has 0 amide bonds. The highest BCUT2D eigenvalue weighted by atomic mass is 15.4. The predicted octanol–water partition coefficient (Wildman–Crippen LogP) is 1.67. The Morgan fingerprint density at radius 3 is 2.26 bits per heavy atom. The molecule has 0 saturated carbocycles. The van der Waals surface area contributed by atoms with Gasteiger partial charge in [-0.25, -0.2) is 5.43 Å². The first-order valence-corrected chi connectivity index (χ1v) is 6.34. The number of aryl methyl sites for hydroxylation is 1. The van der Waals surface area contributed by atoms with Crippen molar-refractivity contribution in [3.63, 3.8) is 0 Å². The Balaban J connectivity index is 2.33. The Morgan fingerprint density at radius 1 is 1.21 bits per heavy atom. The molecule has 0 spiro atoms. The number of benzene rings is 1. The van der Waals surface area contributed by atoms with Gasteiger partial charge in [-0.1, -0.05) is 50.3 Å². The summed E-state index contributed by atoms with van der Waals surface area (Å²) in [6.07, 6.45) is 1.72. The molecular weight excluding hydrogens is 238 g/mol. The van der Waals surface area contributed by atoms with Gasteiger partial charge in [-0.2, -0.15) is 0 Å². The third-order valence-electron chi connectivity index (χ3n) is 3.32. The lowest BCUT2D eigenvalue weighted by Gasteiger charge is -2.21. The van der Waals surface area contributed by atoms with E-state index in [2.05, 4.69) is 60.8 Å². The van der Waals surface area contributed by atoms with Crippen LogP contribution in [0.1, 0.15) is 43.6 Å². The van der Waals surface area contributed by atoms with E-state index in [4.69, 9.17) is 5.84 Å². The van der Waals surface area contributed by atoms with Crippen LogP contribution in [-0.4, -0.2) is 15.0 Å². The number of hydrazine groups is 1. The average Bonchev–Trinajstić information content (AvgIpc) is 2.76. The smallest absolute Gasteiger partial charge is 0.0894 e. The summed E-state index contributed by atoms with van der Waals surface area (Å²) in [6, 6.07) is 8.37. The molecule has 0 fully saturated rings. The van der Waals surface area contributed by atoms with Crippen molar-refractivity contribution in [2.45, 2.75) is 32.2 Å². The fourth-order valence-electron chi connectivity index (χ4n) is 2.09. The quantitative estimate of drug-likeness (QED) is 0.650. The molecule has 3 N–H and O–H groups in total. The zero-order valence-corrected chi connectivity index (χ0v) is 11.9. The number of hydrogen-bond acceptors (Lipinski definition) is 4. The van der Waals surface area contributed by atoms with Crippen LogP contribution in [-0.2, 0) is 12.5 Å². The van der Waals surface area contributed by atoms with Crippen LogP contribution in [0.4, 0.5) is 0 Å². The van der Waals surface area contributed by atoms with Crippen LogP contribution in [0.3, 0.4) is 0 Å². The van der Waals surface area contributed by atoms with Crippen LogP contribution >= 0.6 is 0 Å². The molecule has 0 aliphatic carbocycles. The van der Waals surface area contributed by atoms with Gasteiger partial charge in [0.15, 0.2) is 0 Å². The van der Waals surface area contributed by atoms with Crippen LogP contribution in [0, 0.1) is 0 Å². The molecule has 1 heterocycles. The Labute approximate surface area is 113 Å². The third kappa shape index (κ3) is 2.83. The second-order valence-corrected chi connectivity index (χ2v) is 5.75. The minimum absolute atomic E-state index is 0.103. The van der Waals surface area contributed by atoms with Gasteiger partial charge in [0.25, 0.3) is 0 Å². The predicted molar refractivity (Wildman–Crippen MR) is 75.3 cm³/mol. The van der Waals surface area contributed by atoms with E-state index in [1.54, 1.807) is 10.9 Å². The lowest BCUT2D eigenvalue weighted by Crippen LogP contribution is -2.30. The summed E-state index contributed by atoms with van der Waals surface area (Å²) in [6.45, 7) is 6.60. The van der Waals surface area contributed by atoms with Gasteiger partial charge in [0.05, 0.1) is 17.9 Å². The minimum Gasteiger partial charge on any atom is -0.271 e. The van der Waals surface area contributed by atoms with E-state index in [0.717, 1.165) is 11.3 Å². The molecule has 0 radical (unpaired) electrons. The third-order valence-corrected chi connectivity index (χ3v) is 3.32. The molecular formula is C14H21N5. The van der Waals surface area contributed by atoms with Crippen molar-refractivity contribution in [3.8, 4) is 0 Å². The van der Waals surface area contributed by atoms with Crippen molar-refractivity contribution >= 4 is 0 Å². The molecule has 19 heavy (non-hydrogen) atoms. The first kappa shape index (κ1) is 13.7. The highest BCUT2D eigenvalue weighted by Gasteiger charge is 2.18. The molecule has 1 unspecified atom stereocenters. The average molecular weight is 259 g/mol. The normalized spacial score (nSPS) is 13.5. The molecule has 0 bridgehead atoms. The van der Waals surface area contributed by atoms with E-state index in [0.29, 0.717) is 0 Å². The lowest BCUT2D eigenvalue weighted by atomic mass is 9.86. The lowest BCUT2D eigenvalue weighted by molar-refractivity contribution is 0.567. The molecule has 0 aliphatic heterocycles. The monoisotopic (exact) mass is 259 g/mol. The summed E-state index contributed by atoms with van der Waals surface area (Å²) in [5.41, 5.74) is 6.31. The van der Waals surface area contributed by atoms with E-state index in [1.807, 2.05) is 7.05 Å². The molecule has 1 atom stereocenters. The molecule has 1 aromatic heterocycles. The summed E-state index contributed by atoms with van der Waals surface area (Å²) in [5, 5.41) is 7.83. The summed E-state index contributed by atoms with van der Waals surface area (Å²) < 4.78 is 1.72. The SMILES string of the molecule is Cn1nncc1C(NN)c1ccc(C(C)(C)C)cc1. The number of rotatable bonds is 3. The first-order chi connectivity index (χ1) is 8.93. The minimum atomic E-state index is -0.103. The number of nitrogens with two attached hydrogens (primary N) is 1. The van der Waals surface area contributed by atoms with Gasteiger partial charge in [-0.15, -0.1) is 5.10 Å². The van der Waals surface area contributed by atoms with Gasteiger partial charge < -0.3 is 0 Å². The number of nitrogens with zero attached hydrogens (tertiary/aromatic N) is 3. The molecule has 1 aromatic carbocycles. The summed E-state index contributed by atoms with van der Waals surface area (Å²) in [7, 11) is 1.86. The van der Waals surface area contributed by atoms with Gasteiger partial charge in [0.1, 0.15) is 0 Å². The van der Waals surface area contributed by atoms with E-state index in [9.17, 15) is 0 Å². The zero-order chi connectivity index (χ0) is 14.0. The Kier molecular flexibility index (Phi) is 3.68. The number of nitrogens with one attached hydrogen (secondary N) is 1. The van der Waals surface area contributed by atoms with Crippen molar-refractivity contribution in [1.82, 2.24) is 20.4 Å². The molecule has 2 aromatic rings. The largest absolute Gasteiger partial charge is 0.271 e. The van der Waals surface area contributed by atoms with Crippen LogP contribution in [0.5, 0.6) is 0 Å². The topological polar surface area (TPSA) is 68.8 Å². The standard InChI is InChI=1S/C14H21N5/c1-14(2,3)11-7-5-10(6-8-11)13(17-15)12-9-16-18-19(12)4/h5-9,13,17H,15H2,1-4H3. The second kappa shape index (κ2) is 5.11. The molecule has 5 heteroatoms. The van der Waals surface area contributed by atoms with Gasteiger partial charge in [-0.05, 0) is 16.5 Å². The molecule has 2 rings (SSSR count). The Hall–Kier alpha value is -1.72. The van der Waals surface area contributed by atoms with Crippen molar-refractivity contribution in [3.05, 3.63) is 47.3 Å². The highest BCUT2D eigenvalue weighted by molar-refractivity contribution is 5.32. The zero-order valence-electron chi connectivity index (χ0n) is 11.9. The summed E-state index contributed by atoms with van der Waals surface area (Å²) in [4.78, 5) is 0. The molecule has 5 nitrogen and oxygen atoms in total. The van der Waals surface area contributed by atoms with E-state index < -0.39 is 0 Å². The van der Waals surface area contributed by atoms with Gasteiger partial charge >= 0.3 is 0 Å². The van der Waals surface area contributed by atoms with Crippen LogP contribution in [0.2, 0.25) is 0 Å². The first-order valence-electron chi connectivity index (χ1n) is 6.34. The van der Waals surface area contributed by atoms with E-state index in [1.165, 1.54) is 5.56 Å². The van der Waals surface area contributed by atoms with Crippen molar-refractivity contribution in [2.75, 3.05) is 0 Å². The second-order valence-electron chi connectivity index (χ2n) is 5.75. The maximum atomic E-state index is 5.67. The van der Waals surface area contributed by atoms with E-state index in [-0.39, 0.29) is 11.5 Å². The molecule has 0 saturated heterocycles. The number of aromatic nitrogens is 3. The van der Waals surface area contributed by atoms with Crippen LogP contribution in [0.15, 0.2) is 30.5 Å². The van der Waals surface area contributed by atoms with Crippen molar-refractivity contribution < 1.29 is 0 Å². The van der Waals surface area contributed by atoms with Crippen LogP contribution < -0.4 is 11.3 Å². The summed E-state index contributed by atoms with van der Waals surface area (Å²) >= 11 is 0. The molecule has 102 valence electrons. The molecule has 0 aliphatic rings. The fourth-order valence-corrected chi connectivity index (χ4v) is 2.09. The number of hydrogen-bond donors (Lipinski definition) is 2. The van der Waals surface area contributed by atoms with Gasteiger partial charge in [0, 0.05) is 7.05 Å². The fraction of sp³-hybridized carbons (Fsp3) is 0.429. The van der Waals surface area contributed by atoms with Gasteiger partial charge in [-0.3, -0.25) is 10.5 Å². The van der Waals surface area contributed by atoms with Gasteiger partial charge in [0.2, 0.25) is 0 Å². The highest BCUT2D eigenvalue weighted by Crippen LogP contribution is 2.25. The van der Waals surface area contributed by atoms with Crippen LogP contribution in [0.25, 0.3) is 0 Å². The van der Waals surface area contributed by atoms with Crippen molar-refractivity contribution in [2.24, 2.45) is 12.9 Å². The maximum absolute atomic E-state index is 5.67. The summed E-state index contributed by atoms with van der Waals surface area (Å²) in [5.74, 6) is 5.67. The Bertz CT molecular complexity index is 536. The maximum Gasteiger partial charge on any atom is 0.0894 e. The Morgan fingerprint density at radius 2 is 1.84 bits per heavy atom.